The zero-order valence-corrected chi connectivity index (χ0v) is 8.61. The molecule has 0 amide bonds. The third-order valence-corrected chi connectivity index (χ3v) is 1.67. The van der Waals surface area contributed by atoms with Crippen LogP contribution in [-0.4, -0.2) is 30.6 Å². The van der Waals surface area contributed by atoms with Gasteiger partial charge >= 0.3 is 12.3 Å². The predicted molar refractivity (Wildman–Crippen MR) is 44.9 cm³/mol. The minimum Gasteiger partial charge on any atom is -0.431 e. The van der Waals surface area contributed by atoms with Crippen LogP contribution in [0.25, 0.3) is 0 Å². The van der Waals surface area contributed by atoms with Crippen molar-refractivity contribution in [2.24, 2.45) is 0 Å². The van der Waals surface area contributed by atoms with Crippen molar-refractivity contribution >= 4 is 22.5 Å². The highest BCUT2D eigenvalue weighted by Gasteiger charge is 2.39. The fourth-order valence-electron chi connectivity index (χ4n) is 0.540. The molecule has 0 fully saturated rings. The molecule has 0 unspecified atom stereocenters. The average Bonchev–Trinajstić information content (AvgIpc) is 2.14. The second-order valence-corrected chi connectivity index (χ2v) is 2.93. The topological polar surface area (TPSA) is 68.5 Å². The van der Waals surface area contributed by atoms with Crippen LogP contribution in [-0.2, 0) is 14.2 Å². The number of alkyl halides is 3. The van der Waals surface area contributed by atoms with Gasteiger partial charge in [0.1, 0.15) is 6.61 Å². The molecule has 0 saturated carbocycles. The summed E-state index contributed by atoms with van der Waals surface area (Å²) in [5.41, 5.74) is 0. The predicted octanol–water partition coefficient (Wildman–Crippen LogP) is 2.37. The number of carbonyl (C=O) groups is 1. The Labute approximate surface area is 94.2 Å². The van der Waals surface area contributed by atoms with E-state index in [0.717, 1.165) is 6.26 Å². The second kappa shape index (κ2) is 7.02. The van der Waals surface area contributed by atoms with E-state index in [0.29, 0.717) is 0 Å². The summed E-state index contributed by atoms with van der Waals surface area (Å²) in [4.78, 5) is 10.3. The number of carbonyl (C=O) groups excluding carboxylic acids is 1. The first kappa shape index (κ1) is 15.6. The SMILES string of the molecule is N#COC(=O)OCCOC(=S(F)F)C(F)(F)F. The zero-order valence-electron chi connectivity index (χ0n) is 7.79. The minimum absolute atomic E-state index is 0.767. The summed E-state index contributed by atoms with van der Waals surface area (Å²) in [5.74, 6) is 0. The number of rotatable bonds is 3. The molecular weight excluding hydrogens is 277 g/mol. The highest BCUT2D eigenvalue weighted by molar-refractivity contribution is 8.06. The van der Waals surface area contributed by atoms with E-state index in [1.807, 2.05) is 0 Å². The van der Waals surface area contributed by atoms with Gasteiger partial charge in [0.15, 0.2) is 0 Å². The van der Waals surface area contributed by atoms with Crippen molar-refractivity contribution in [3.8, 4) is 6.26 Å². The van der Waals surface area contributed by atoms with Crippen molar-refractivity contribution in [1.29, 1.82) is 5.26 Å². The first-order chi connectivity index (χ1) is 7.79. The summed E-state index contributed by atoms with van der Waals surface area (Å²) >= 11 is -4.10. The van der Waals surface area contributed by atoms with Gasteiger partial charge in [-0.05, 0) is 0 Å². The quantitative estimate of drug-likeness (QED) is 0.261. The van der Waals surface area contributed by atoms with Crippen LogP contribution in [0.2, 0.25) is 0 Å². The van der Waals surface area contributed by atoms with Gasteiger partial charge < -0.3 is 14.2 Å². The Balaban J connectivity index is 4.08. The molecule has 0 aliphatic rings. The van der Waals surface area contributed by atoms with Crippen molar-refractivity contribution in [2.45, 2.75) is 6.18 Å². The Kier molecular flexibility index (Phi) is 6.44. The second-order valence-electron chi connectivity index (χ2n) is 2.14. The minimum atomic E-state index is -5.29. The number of nitriles is 1. The van der Waals surface area contributed by atoms with Crippen molar-refractivity contribution in [2.75, 3.05) is 13.2 Å². The summed E-state index contributed by atoms with van der Waals surface area (Å²) in [6.07, 6.45) is -5.82. The van der Waals surface area contributed by atoms with E-state index in [1.165, 1.54) is 0 Å². The largest absolute Gasteiger partial charge is 0.524 e. The molecular formula is C6H4F5NO4S. The van der Waals surface area contributed by atoms with Crippen molar-refractivity contribution in [3.63, 3.8) is 0 Å². The molecule has 0 aromatic rings. The Morgan fingerprint density at radius 3 is 2.18 bits per heavy atom. The molecule has 0 heterocycles. The lowest BCUT2D eigenvalue weighted by Gasteiger charge is -2.10. The molecule has 17 heavy (non-hydrogen) atoms. The molecule has 0 aliphatic heterocycles. The normalized spacial score (nSPS) is 10.9. The smallest absolute Gasteiger partial charge is 0.431 e. The molecule has 0 atom stereocenters. The van der Waals surface area contributed by atoms with E-state index >= 15 is 0 Å². The summed E-state index contributed by atoms with van der Waals surface area (Å²) in [6.45, 7) is -1.70. The van der Waals surface area contributed by atoms with Gasteiger partial charge in [0.25, 0.3) is 6.26 Å². The van der Waals surface area contributed by atoms with E-state index < -0.39 is 41.9 Å². The first-order valence-electron chi connectivity index (χ1n) is 3.65. The van der Waals surface area contributed by atoms with Gasteiger partial charge in [-0.2, -0.15) is 13.2 Å². The fourth-order valence-corrected chi connectivity index (χ4v) is 0.887. The lowest BCUT2D eigenvalue weighted by Crippen LogP contribution is -2.26. The maximum atomic E-state index is 11.9. The lowest BCUT2D eigenvalue weighted by atomic mass is 10.7. The van der Waals surface area contributed by atoms with Crippen LogP contribution in [0.3, 0.4) is 0 Å². The first-order valence-corrected chi connectivity index (χ1v) is 4.68. The van der Waals surface area contributed by atoms with Crippen molar-refractivity contribution in [1.82, 2.24) is 0 Å². The van der Waals surface area contributed by atoms with Gasteiger partial charge in [-0.1, -0.05) is 0 Å². The van der Waals surface area contributed by atoms with Crippen LogP contribution in [0.1, 0.15) is 0 Å². The third-order valence-electron chi connectivity index (χ3n) is 1.04. The van der Waals surface area contributed by atoms with Gasteiger partial charge in [-0.25, -0.2) is 4.79 Å². The Morgan fingerprint density at radius 2 is 1.76 bits per heavy atom. The van der Waals surface area contributed by atoms with Gasteiger partial charge in [-0.3, -0.25) is 0 Å². The summed E-state index contributed by atoms with van der Waals surface area (Å²) in [6, 6.07) is 0. The number of halogens is 5. The monoisotopic (exact) mass is 281 g/mol. The molecule has 0 radical (unpaired) electrons. The van der Waals surface area contributed by atoms with Crippen LogP contribution >= 0.6 is 11.3 Å². The Bertz CT molecular complexity index is 345. The Hall–Kier alpha value is -1.41. The summed E-state index contributed by atoms with van der Waals surface area (Å²) in [7, 11) is 0. The van der Waals surface area contributed by atoms with Gasteiger partial charge in [-0.15, -0.1) is 13.0 Å². The number of ether oxygens (including phenoxy) is 3. The van der Waals surface area contributed by atoms with Gasteiger partial charge in [0.05, 0.1) is 6.61 Å². The molecule has 0 rings (SSSR count). The summed E-state index contributed by atoms with van der Waals surface area (Å²) < 4.78 is 70.7. The summed E-state index contributed by atoms with van der Waals surface area (Å²) in [5, 5.41) is 5.45. The van der Waals surface area contributed by atoms with Crippen molar-refractivity contribution in [3.05, 3.63) is 0 Å². The molecule has 0 aromatic heterocycles. The lowest BCUT2D eigenvalue weighted by molar-refractivity contribution is -0.0760. The third kappa shape index (κ3) is 6.69. The van der Waals surface area contributed by atoms with E-state index in [-0.39, 0.29) is 0 Å². The molecule has 0 N–H and O–H groups in total. The van der Waals surface area contributed by atoms with Gasteiger partial charge in [0, 0.05) is 0 Å². The number of nitrogens with zero attached hydrogens (tertiary/aromatic N) is 1. The maximum Gasteiger partial charge on any atom is 0.524 e. The molecule has 0 aliphatic carbocycles. The van der Waals surface area contributed by atoms with E-state index in [2.05, 4.69) is 14.2 Å². The highest BCUT2D eigenvalue weighted by Crippen LogP contribution is 2.29. The molecule has 0 aromatic carbocycles. The highest BCUT2D eigenvalue weighted by atomic mass is 32.2. The molecule has 0 saturated heterocycles. The van der Waals surface area contributed by atoms with Crippen LogP contribution in [0.5, 0.6) is 0 Å². The molecule has 5 nitrogen and oxygen atoms in total. The zero-order chi connectivity index (χ0) is 13.5. The van der Waals surface area contributed by atoms with E-state index in [9.17, 15) is 25.7 Å². The molecule has 11 heteroatoms. The number of hydrogen-bond donors (Lipinski definition) is 0. The molecule has 0 bridgehead atoms. The number of hydrogen-bond acceptors (Lipinski definition) is 5. The maximum absolute atomic E-state index is 11.9. The molecule has 0 spiro atoms. The average molecular weight is 281 g/mol. The van der Waals surface area contributed by atoms with Crippen LogP contribution in [0.15, 0.2) is 0 Å². The van der Waals surface area contributed by atoms with Crippen molar-refractivity contribution < 1.29 is 39.9 Å². The fraction of sp³-hybridized carbons (Fsp3) is 0.500. The van der Waals surface area contributed by atoms with Gasteiger partial charge in [0.2, 0.25) is 16.3 Å². The Morgan fingerprint density at radius 1 is 1.24 bits per heavy atom. The van der Waals surface area contributed by atoms with Crippen LogP contribution in [0.4, 0.5) is 25.7 Å². The molecule has 98 valence electrons. The van der Waals surface area contributed by atoms with E-state index in [1.54, 1.807) is 0 Å². The standard InChI is InChI=1S/C6H4F5NO4S/c7-6(8,9)4(17(10)11)14-1-2-15-5(13)16-3-12/h1-2H2. The van der Waals surface area contributed by atoms with Crippen LogP contribution in [0, 0.1) is 11.5 Å². The van der Waals surface area contributed by atoms with Crippen LogP contribution < -0.4 is 0 Å². The van der Waals surface area contributed by atoms with E-state index in [4.69, 9.17) is 5.26 Å².